The van der Waals surface area contributed by atoms with E-state index in [1.807, 2.05) is 32.0 Å². The summed E-state index contributed by atoms with van der Waals surface area (Å²) >= 11 is 7.81. The Hall–Kier alpha value is -1.27. The Labute approximate surface area is 144 Å². The standard InChI is InChI=1S/C15H16ClN3OS.ClH/c1-8-13-15(21-14(8)9(2)17)11(6-12(16)19-13)18-7-10-4-3-5-20-10;/h3-6,9H,7,17H2,1-2H3,(H,18,19);1H/t9-;/m0./s1. The van der Waals surface area contributed by atoms with E-state index in [1.165, 1.54) is 0 Å². The molecule has 3 N–H and O–H groups in total. The number of aryl methyl sites for hydroxylation is 1. The van der Waals surface area contributed by atoms with Crippen molar-refractivity contribution in [2.75, 3.05) is 5.32 Å². The molecule has 0 aromatic carbocycles. The normalized spacial score (nSPS) is 12.2. The highest BCUT2D eigenvalue weighted by molar-refractivity contribution is 7.20. The van der Waals surface area contributed by atoms with E-state index in [0.29, 0.717) is 11.7 Å². The van der Waals surface area contributed by atoms with Crippen LogP contribution in [0.5, 0.6) is 0 Å². The maximum atomic E-state index is 6.14. The van der Waals surface area contributed by atoms with Gasteiger partial charge in [0.25, 0.3) is 0 Å². The molecule has 22 heavy (non-hydrogen) atoms. The van der Waals surface area contributed by atoms with E-state index in [2.05, 4.69) is 10.3 Å². The summed E-state index contributed by atoms with van der Waals surface area (Å²) in [6.45, 7) is 4.62. The number of anilines is 1. The van der Waals surface area contributed by atoms with E-state index in [9.17, 15) is 0 Å². The maximum Gasteiger partial charge on any atom is 0.131 e. The molecule has 0 bridgehead atoms. The highest BCUT2D eigenvalue weighted by Gasteiger charge is 2.16. The summed E-state index contributed by atoms with van der Waals surface area (Å²) in [5, 5.41) is 3.84. The van der Waals surface area contributed by atoms with Crippen molar-refractivity contribution < 1.29 is 4.42 Å². The van der Waals surface area contributed by atoms with Crippen LogP contribution in [0.4, 0.5) is 5.69 Å². The number of nitrogens with two attached hydrogens (primary N) is 1. The van der Waals surface area contributed by atoms with Crippen LogP contribution in [0.15, 0.2) is 28.9 Å². The second kappa shape index (κ2) is 6.87. The second-order valence-electron chi connectivity index (χ2n) is 4.98. The van der Waals surface area contributed by atoms with Crippen molar-refractivity contribution in [2.45, 2.75) is 26.4 Å². The SMILES string of the molecule is Cc1c([C@H](C)N)sc2c(NCc3ccco3)cc(Cl)nc12.Cl. The molecule has 0 unspecified atom stereocenters. The summed E-state index contributed by atoms with van der Waals surface area (Å²) in [4.78, 5) is 5.58. The molecule has 118 valence electrons. The quantitative estimate of drug-likeness (QED) is 0.651. The van der Waals surface area contributed by atoms with Gasteiger partial charge < -0.3 is 15.5 Å². The minimum Gasteiger partial charge on any atom is -0.467 e. The van der Waals surface area contributed by atoms with E-state index in [1.54, 1.807) is 17.6 Å². The monoisotopic (exact) mass is 357 g/mol. The van der Waals surface area contributed by atoms with Gasteiger partial charge in [-0.1, -0.05) is 11.6 Å². The van der Waals surface area contributed by atoms with Crippen LogP contribution in [0.1, 0.15) is 29.2 Å². The van der Waals surface area contributed by atoms with Crippen LogP contribution in [0, 0.1) is 6.92 Å². The lowest BCUT2D eigenvalue weighted by atomic mass is 10.1. The fourth-order valence-corrected chi connectivity index (χ4v) is 3.71. The Kier molecular flexibility index (Phi) is 5.34. The van der Waals surface area contributed by atoms with Crippen LogP contribution in [-0.2, 0) is 6.54 Å². The van der Waals surface area contributed by atoms with Crippen molar-refractivity contribution in [2.24, 2.45) is 5.73 Å². The van der Waals surface area contributed by atoms with Gasteiger partial charge in [0, 0.05) is 17.0 Å². The van der Waals surface area contributed by atoms with Gasteiger partial charge in [0.15, 0.2) is 0 Å². The first-order valence-corrected chi connectivity index (χ1v) is 7.87. The first-order valence-electron chi connectivity index (χ1n) is 6.67. The molecule has 3 heterocycles. The molecule has 0 aliphatic rings. The van der Waals surface area contributed by atoms with Crippen molar-refractivity contribution in [3.8, 4) is 0 Å². The molecule has 0 aliphatic carbocycles. The summed E-state index contributed by atoms with van der Waals surface area (Å²) < 4.78 is 6.42. The average Bonchev–Trinajstić information content (AvgIpc) is 3.05. The Balaban J connectivity index is 0.00000176. The third kappa shape index (κ3) is 3.22. The van der Waals surface area contributed by atoms with Crippen LogP contribution in [-0.4, -0.2) is 4.98 Å². The van der Waals surface area contributed by atoms with Crippen molar-refractivity contribution in [3.63, 3.8) is 0 Å². The van der Waals surface area contributed by atoms with Crippen molar-refractivity contribution >= 4 is 51.2 Å². The van der Waals surface area contributed by atoms with Gasteiger partial charge in [-0.05, 0) is 31.5 Å². The summed E-state index contributed by atoms with van der Waals surface area (Å²) in [7, 11) is 0. The van der Waals surface area contributed by atoms with Gasteiger partial charge in [0.1, 0.15) is 10.9 Å². The molecule has 4 nitrogen and oxygen atoms in total. The molecular weight excluding hydrogens is 341 g/mol. The molecule has 0 spiro atoms. The molecule has 0 saturated heterocycles. The molecule has 3 aromatic heterocycles. The van der Waals surface area contributed by atoms with Gasteiger partial charge in [-0.2, -0.15) is 0 Å². The van der Waals surface area contributed by atoms with Crippen molar-refractivity contribution in [1.82, 2.24) is 4.98 Å². The molecule has 3 rings (SSSR count). The lowest BCUT2D eigenvalue weighted by Gasteiger charge is -2.06. The van der Waals surface area contributed by atoms with E-state index in [-0.39, 0.29) is 18.4 Å². The van der Waals surface area contributed by atoms with E-state index >= 15 is 0 Å². The smallest absolute Gasteiger partial charge is 0.131 e. The number of thiophene rings is 1. The minimum absolute atomic E-state index is 0. The van der Waals surface area contributed by atoms with Gasteiger partial charge in [-0.25, -0.2) is 4.98 Å². The van der Waals surface area contributed by atoms with Gasteiger partial charge in [0.2, 0.25) is 0 Å². The summed E-state index contributed by atoms with van der Waals surface area (Å²) in [6, 6.07) is 5.63. The number of pyridine rings is 1. The molecule has 0 amide bonds. The summed E-state index contributed by atoms with van der Waals surface area (Å²) in [5.41, 5.74) is 9.01. The van der Waals surface area contributed by atoms with Crippen LogP contribution in [0.2, 0.25) is 5.15 Å². The highest BCUT2D eigenvalue weighted by Crippen LogP contribution is 2.38. The Morgan fingerprint density at radius 3 is 2.91 bits per heavy atom. The van der Waals surface area contributed by atoms with Crippen molar-refractivity contribution in [1.29, 1.82) is 0 Å². The fourth-order valence-electron chi connectivity index (χ4n) is 2.32. The molecule has 0 saturated carbocycles. The Morgan fingerprint density at radius 1 is 1.50 bits per heavy atom. The number of nitrogens with zero attached hydrogens (tertiary/aromatic N) is 1. The van der Waals surface area contributed by atoms with Gasteiger partial charge in [-0.15, -0.1) is 23.7 Å². The van der Waals surface area contributed by atoms with Gasteiger partial charge >= 0.3 is 0 Å². The highest BCUT2D eigenvalue weighted by atomic mass is 35.5. The third-order valence-corrected chi connectivity index (χ3v) is 5.03. The molecule has 3 aromatic rings. The van der Waals surface area contributed by atoms with Crippen LogP contribution >= 0.6 is 35.3 Å². The second-order valence-corrected chi connectivity index (χ2v) is 6.42. The molecular formula is C15H17Cl2N3OS. The van der Waals surface area contributed by atoms with Crippen LogP contribution in [0.25, 0.3) is 10.2 Å². The largest absolute Gasteiger partial charge is 0.467 e. The lowest BCUT2D eigenvalue weighted by Crippen LogP contribution is -2.03. The molecule has 0 aliphatic heterocycles. The molecule has 0 fully saturated rings. The molecule has 1 atom stereocenters. The first kappa shape index (κ1) is 17.1. The zero-order valence-corrected chi connectivity index (χ0v) is 14.6. The predicted octanol–water partition coefficient (Wildman–Crippen LogP) is 4.90. The average molecular weight is 358 g/mol. The van der Waals surface area contributed by atoms with Crippen LogP contribution < -0.4 is 11.1 Å². The number of hydrogen-bond donors (Lipinski definition) is 2. The number of hydrogen-bond acceptors (Lipinski definition) is 5. The van der Waals surface area contributed by atoms with E-state index in [0.717, 1.165) is 32.1 Å². The summed E-state index contributed by atoms with van der Waals surface area (Å²) in [5.74, 6) is 0.872. The Morgan fingerprint density at radius 2 is 2.27 bits per heavy atom. The number of halogens is 2. The van der Waals surface area contributed by atoms with Crippen molar-refractivity contribution in [3.05, 3.63) is 45.8 Å². The van der Waals surface area contributed by atoms with Gasteiger partial charge in [-0.3, -0.25) is 0 Å². The zero-order chi connectivity index (χ0) is 15.0. The first-order chi connectivity index (χ1) is 10.1. The van der Waals surface area contributed by atoms with E-state index < -0.39 is 0 Å². The number of rotatable bonds is 4. The van der Waals surface area contributed by atoms with E-state index in [4.69, 9.17) is 21.8 Å². The third-order valence-electron chi connectivity index (χ3n) is 3.33. The maximum absolute atomic E-state index is 6.14. The number of fused-ring (bicyclic) bond motifs is 1. The number of furan rings is 1. The fraction of sp³-hybridized carbons (Fsp3) is 0.267. The topological polar surface area (TPSA) is 64.1 Å². The summed E-state index contributed by atoms with van der Waals surface area (Å²) in [6.07, 6.45) is 1.66. The number of nitrogens with one attached hydrogen (secondary N) is 1. The molecule has 0 radical (unpaired) electrons. The predicted molar refractivity (Wildman–Crippen MR) is 95.3 cm³/mol. The number of aromatic nitrogens is 1. The Bertz CT molecular complexity index is 769. The minimum atomic E-state index is -0.0131. The van der Waals surface area contributed by atoms with Crippen LogP contribution in [0.3, 0.4) is 0 Å². The zero-order valence-electron chi connectivity index (χ0n) is 12.2. The molecule has 7 heteroatoms. The lowest BCUT2D eigenvalue weighted by molar-refractivity contribution is 0.518. The van der Waals surface area contributed by atoms with Gasteiger partial charge in [0.05, 0.1) is 28.7 Å².